The van der Waals surface area contributed by atoms with E-state index in [0.29, 0.717) is 47.9 Å². The topological polar surface area (TPSA) is 83.7 Å². The summed E-state index contributed by atoms with van der Waals surface area (Å²) >= 11 is 0. The number of benzene rings is 1. The fraction of sp³-hybridized carbons (Fsp3) is 0.550. The average Bonchev–Trinajstić information content (AvgIpc) is 3.32. The summed E-state index contributed by atoms with van der Waals surface area (Å²) in [6.45, 7) is 3.46. The Labute approximate surface area is 163 Å². The van der Waals surface area contributed by atoms with E-state index in [1.165, 1.54) is 4.57 Å². The van der Waals surface area contributed by atoms with Crippen molar-refractivity contribution in [2.24, 2.45) is 13.0 Å². The van der Waals surface area contributed by atoms with E-state index >= 15 is 0 Å². The van der Waals surface area contributed by atoms with Crippen molar-refractivity contribution in [1.29, 1.82) is 0 Å². The molecule has 2 atom stereocenters. The van der Waals surface area contributed by atoms with Crippen molar-refractivity contribution < 1.29 is 9.84 Å². The lowest BCUT2D eigenvalue weighted by atomic mass is 9.92. The number of nitrogens with zero attached hydrogens (tertiary/aromatic N) is 5. The van der Waals surface area contributed by atoms with Crippen molar-refractivity contribution in [2.75, 3.05) is 38.2 Å². The van der Waals surface area contributed by atoms with Gasteiger partial charge in [0.25, 0.3) is 5.56 Å². The van der Waals surface area contributed by atoms with Crippen LogP contribution in [0.25, 0.3) is 11.4 Å². The number of phenols is 1. The van der Waals surface area contributed by atoms with Crippen molar-refractivity contribution in [2.45, 2.75) is 25.3 Å². The summed E-state index contributed by atoms with van der Waals surface area (Å²) in [5.41, 5.74) is 1.11. The van der Waals surface area contributed by atoms with Gasteiger partial charge in [0.05, 0.1) is 12.2 Å². The minimum atomic E-state index is -0.171. The molecule has 3 aliphatic rings. The van der Waals surface area contributed by atoms with Gasteiger partial charge in [-0.2, -0.15) is 0 Å². The van der Waals surface area contributed by atoms with Crippen molar-refractivity contribution in [1.82, 2.24) is 19.7 Å². The number of phenolic OH excluding ortho intramolecular Hbond substituents is 1. The highest BCUT2D eigenvalue weighted by Crippen LogP contribution is 2.39. The fourth-order valence-electron chi connectivity index (χ4n) is 4.87. The quantitative estimate of drug-likeness (QED) is 0.829. The Hall–Kier alpha value is -2.61. The Morgan fingerprint density at radius 1 is 1.18 bits per heavy atom. The number of hydrogen-bond acceptors (Lipinski definition) is 7. The Kier molecular flexibility index (Phi) is 4.04. The molecule has 4 heterocycles. The predicted molar refractivity (Wildman–Crippen MR) is 105 cm³/mol. The number of ether oxygens (including phenoxy) is 1. The first kappa shape index (κ1) is 17.5. The summed E-state index contributed by atoms with van der Waals surface area (Å²) in [5.74, 6) is 2.22. The number of fused-ring (bicyclic) bond motifs is 2. The van der Waals surface area contributed by atoms with Gasteiger partial charge in [-0.25, -0.2) is 0 Å². The highest BCUT2D eigenvalue weighted by Gasteiger charge is 2.39. The number of aromatic hydroxyl groups is 1. The van der Waals surface area contributed by atoms with E-state index in [-0.39, 0.29) is 11.3 Å². The molecule has 0 amide bonds. The zero-order valence-electron chi connectivity index (χ0n) is 16.3. The molecule has 1 aromatic carbocycles. The second-order valence-corrected chi connectivity index (χ2v) is 8.11. The second-order valence-electron chi connectivity index (χ2n) is 8.11. The number of likely N-dealkylation sites (N-methyl/N-ethyl adjacent to an activating group) is 1. The largest absolute Gasteiger partial charge is 0.507 e. The van der Waals surface area contributed by atoms with E-state index in [1.807, 2.05) is 6.07 Å². The van der Waals surface area contributed by atoms with Crippen LogP contribution in [-0.4, -0.2) is 64.1 Å². The van der Waals surface area contributed by atoms with Crippen LogP contribution in [0.15, 0.2) is 16.9 Å². The maximum Gasteiger partial charge on any atom is 0.296 e. The molecule has 0 saturated carbocycles. The number of likely N-dealkylation sites (tertiary alicyclic amines) is 1. The second kappa shape index (κ2) is 6.48. The SMILES string of the molecule is CN1CC[C@@H]2CCN(c3nnc(-c4ccc5c(c4O)CCO5)n(C)c3=O)[C@@H]2C1. The zero-order chi connectivity index (χ0) is 19.4. The third kappa shape index (κ3) is 2.58. The van der Waals surface area contributed by atoms with Gasteiger partial charge >= 0.3 is 0 Å². The first-order chi connectivity index (χ1) is 13.5. The van der Waals surface area contributed by atoms with E-state index in [4.69, 9.17) is 4.74 Å². The molecule has 1 aromatic heterocycles. The first-order valence-corrected chi connectivity index (χ1v) is 9.91. The molecule has 2 aromatic rings. The summed E-state index contributed by atoms with van der Waals surface area (Å²) < 4.78 is 6.99. The van der Waals surface area contributed by atoms with E-state index in [0.717, 1.165) is 38.0 Å². The van der Waals surface area contributed by atoms with Crippen molar-refractivity contribution in [3.8, 4) is 22.9 Å². The Morgan fingerprint density at radius 2 is 2.00 bits per heavy atom. The summed E-state index contributed by atoms with van der Waals surface area (Å²) in [7, 11) is 3.82. The third-order valence-electron chi connectivity index (χ3n) is 6.48. The summed E-state index contributed by atoms with van der Waals surface area (Å²) in [6, 6.07) is 3.88. The monoisotopic (exact) mass is 383 g/mol. The standard InChI is InChI=1S/C20H25N5O3/c1-23-8-5-12-6-9-25(15(12)11-23)19-20(27)24(2)18(21-22-19)14-3-4-16-13(17(14)26)7-10-28-16/h3-4,12,15,26H,5-11H2,1-2H3/t12-,15-/m1/s1. The van der Waals surface area contributed by atoms with Crippen molar-refractivity contribution in [3.63, 3.8) is 0 Å². The fourth-order valence-corrected chi connectivity index (χ4v) is 4.87. The number of anilines is 1. The van der Waals surface area contributed by atoms with E-state index < -0.39 is 0 Å². The molecule has 3 aliphatic heterocycles. The molecule has 148 valence electrons. The molecule has 2 fully saturated rings. The molecule has 5 rings (SSSR count). The van der Waals surface area contributed by atoms with Crippen LogP contribution in [0.3, 0.4) is 0 Å². The smallest absolute Gasteiger partial charge is 0.296 e. The van der Waals surface area contributed by atoms with Crippen LogP contribution in [0, 0.1) is 5.92 Å². The third-order valence-corrected chi connectivity index (χ3v) is 6.48. The van der Waals surface area contributed by atoms with Crippen LogP contribution in [0.1, 0.15) is 18.4 Å². The maximum atomic E-state index is 13.1. The maximum absolute atomic E-state index is 13.1. The van der Waals surface area contributed by atoms with Crippen LogP contribution in [0.5, 0.6) is 11.5 Å². The summed E-state index contributed by atoms with van der Waals surface area (Å²) in [6.07, 6.45) is 2.91. The molecule has 2 saturated heterocycles. The molecule has 0 unspecified atom stereocenters. The van der Waals surface area contributed by atoms with Crippen LogP contribution in [-0.2, 0) is 13.5 Å². The van der Waals surface area contributed by atoms with Gasteiger partial charge in [-0.15, -0.1) is 10.2 Å². The van der Waals surface area contributed by atoms with E-state index in [1.54, 1.807) is 13.1 Å². The molecule has 28 heavy (non-hydrogen) atoms. The normalized spacial score (nSPS) is 24.1. The van der Waals surface area contributed by atoms with Crippen LogP contribution in [0.4, 0.5) is 5.82 Å². The molecular weight excluding hydrogens is 358 g/mol. The molecule has 0 spiro atoms. The lowest BCUT2D eigenvalue weighted by Gasteiger charge is -2.36. The van der Waals surface area contributed by atoms with Gasteiger partial charge in [0, 0.05) is 38.2 Å². The van der Waals surface area contributed by atoms with Gasteiger partial charge in [-0.3, -0.25) is 9.36 Å². The first-order valence-electron chi connectivity index (χ1n) is 9.91. The van der Waals surface area contributed by atoms with Crippen molar-refractivity contribution >= 4 is 5.82 Å². The molecule has 0 radical (unpaired) electrons. The average molecular weight is 383 g/mol. The Morgan fingerprint density at radius 3 is 2.86 bits per heavy atom. The van der Waals surface area contributed by atoms with Gasteiger partial charge in [0.15, 0.2) is 5.82 Å². The predicted octanol–water partition coefficient (Wildman–Crippen LogP) is 1.01. The van der Waals surface area contributed by atoms with Crippen LogP contribution in [0.2, 0.25) is 0 Å². The molecular formula is C20H25N5O3. The number of piperidine rings is 1. The molecule has 8 nitrogen and oxygen atoms in total. The minimum absolute atomic E-state index is 0.127. The van der Waals surface area contributed by atoms with E-state index in [2.05, 4.69) is 27.0 Å². The number of hydrogen-bond donors (Lipinski definition) is 1. The summed E-state index contributed by atoms with van der Waals surface area (Å²) in [5, 5.41) is 19.3. The van der Waals surface area contributed by atoms with Gasteiger partial charge in [-0.05, 0) is 44.5 Å². The number of aromatic nitrogens is 3. The Bertz CT molecular complexity index is 989. The minimum Gasteiger partial charge on any atom is -0.507 e. The van der Waals surface area contributed by atoms with Crippen LogP contribution >= 0.6 is 0 Å². The van der Waals surface area contributed by atoms with Crippen molar-refractivity contribution in [3.05, 3.63) is 28.0 Å². The van der Waals surface area contributed by atoms with Crippen LogP contribution < -0.4 is 15.2 Å². The summed E-state index contributed by atoms with van der Waals surface area (Å²) in [4.78, 5) is 17.6. The molecule has 0 aliphatic carbocycles. The highest BCUT2D eigenvalue weighted by atomic mass is 16.5. The lowest BCUT2D eigenvalue weighted by Crippen LogP contribution is -2.48. The zero-order valence-corrected chi connectivity index (χ0v) is 16.3. The highest BCUT2D eigenvalue weighted by molar-refractivity contribution is 5.69. The Balaban J connectivity index is 1.53. The molecule has 1 N–H and O–H groups in total. The van der Waals surface area contributed by atoms with Gasteiger partial charge in [-0.1, -0.05) is 0 Å². The lowest BCUT2D eigenvalue weighted by molar-refractivity contribution is 0.207. The molecule has 0 bridgehead atoms. The number of rotatable bonds is 2. The van der Waals surface area contributed by atoms with Gasteiger partial charge in [0.1, 0.15) is 11.5 Å². The van der Waals surface area contributed by atoms with Gasteiger partial charge < -0.3 is 19.6 Å². The van der Waals surface area contributed by atoms with Gasteiger partial charge in [0.2, 0.25) is 5.82 Å². The van der Waals surface area contributed by atoms with E-state index in [9.17, 15) is 9.90 Å². The molecule has 8 heteroatoms.